The Kier molecular flexibility index (Phi) is 2.97. The van der Waals surface area contributed by atoms with Crippen LogP contribution in [0.25, 0.3) is 0 Å². The summed E-state index contributed by atoms with van der Waals surface area (Å²) in [7, 11) is 3.39. The number of hydrogen-bond acceptors (Lipinski definition) is 1. The molecule has 0 bridgehead atoms. The maximum Gasteiger partial charge on any atom is 0.169 e. The van der Waals surface area contributed by atoms with Crippen LogP contribution in [-0.4, -0.2) is 15.8 Å². The fourth-order valence-electron chi connectivity index (χ4n) is 0.744. The summed E-state index contributed by atoms with van der Waals surface area (Å²) in [5.41, 5.74) is -0.299. The largest absolute Gasteiger partial charge is 0.475 e. The summed E-state index contributed by atoms with van der Waals surface area (Å²) >= 11 is 5.64. The first-order valence-corrected chi connectivity index (χ1v) is 4.25. The van der Waals surface area contributed by atoms with E-state index in [0.29, 0.717) is 0 Å². The van der Waals surface area contributed by atoms with Crippen LogP contribution >= 0.6 is 11.6 Å². The molecule has 0 spiro atoms. The fourth-order valence-corrected chi connectivity index (χ4v) is 1.08. The number of para-hydroxylation sites is 1. The topological polar surface area (TPSA) is 9.23 Å². The van der Waals surface area contributed by atoms with Crippen molar-refractivity contribution in [3.8, 4) is 5.75 Å². The van der Waals surface area contributed by atoms with Gasteiger partial charge in [-0.25, -0.2) is 0 Å². The summed E-state index contributed by atoms with van der Waals surface area (Å²) in [5, 5.41) is 0.917. The van der Waals surface area contributed by atoms with Crippen LogP contribution in [-0.2, 0) is 0 Å². The van der Waals surface area contributed by atoms with E-state index in [4.69, 9.17) is 16.3 Å². The van der Waals surface area contributed by atoms with Crippen molar-refractivity contribution < 1.29 is 4.74 Å². The first-order chi connectivity index (χ1) is 5.20. The highest BCUT2D eigenvalue weighted by Crippen LogP contribution is 2.08. The van der Waals surface area contributed by atoms with Crippen LogP contribution in [0.3, 0.4) is 0 Å². The molecule has 3 heteroatoms. The molecule has 0 aliphatic carbocycles. The van der Waals surface area contributed by atoms with Crippen molar-refractivity contribution in [1.82, 2.24) is 0 Å². The number of ether oxygens (including phenoxy) is 1. The van der Waals surface area contributed by atoms with Crippen molar-refractivity contribution in [2.24, 2.45) is 0 Å². The van der Waals surface area contributed by atoms with Crippen molar-refractivity contribution in [3.05, 3.63) is 24.3 Å². The van der Waals surface area contributed by atoms with E-state index in [1.54, 1.807) is 6.92 Å². The molecule has 0 aliphatic heterocycles. The zero-order valence-electron chi connectivity index (χ0n) is 6.17. The number of alkyl halides is 1. The van der Waals surface area contributed by atoms with Gasteiger partial charge < -0.3 is 4.74 Å². The smallest absolute Gasteiger partial charge is 0.169 e. The van der Waals surface area contributed by atoms with E-state index in [9.17, 15) is 0 Å². The van der Waals surface area contributed by atoms with Gasteiger partial charge in [-0.05, 0) is 18.2 Å². The Balaban J connectivity index is 2.78. The second kappa shape index (κ2) is 3.79. The summed E-state index contributed by atoms with van der Waals surface area (Å²) in [6.07, 6.45) is 0. The molecular formula is C8H8ClOSi. The summed E-state index contributed by atoms with van der Waals surface area (Å²) in [5.74, 6) is 0.770. The SMILES string of the molecule is CC(Cl)Oc1ccccc1[Si]. The van der Waals surface area contributed by atoms with E-state index in [-0.39, 0.29) is 5.56 Å². The van der Waals surface area contributed by atoms with E-state index in [2.05, 4.69) is 10.2 Å². The fraction of sp³-hybridized carbons (Fsp3) is 0.250. The maximum absolute atomic E-state index is 5.64. The molecule has 0 heterocycles. The highest BCUT2D eigenvalue weighted by molar-refractivity contribution is 6.34. The van der Waals surface area contributed by atoms with Gasteiger partial charge in [0.15, 0.2) is 5.56 Å². The minimum atomic E-state index is -0.299. The van der Waals surface area contributed by atoms with Crippen LogP contribution in [0.15, 0.2) is 24.3 Å². The molecule has 1 rings (SSSR count). The Morgan fingerprint density at radius 2 is 2.09 bits per heavy atom. The number of hydrogen-bond donors (Lipinski definition) is 0. The highest BCUT2D eigenvalue weighted by Gasteiger charge is 2.00. The minimum Gasteiger partial charge on any atom is -0.475 e. The lowest BCUT2D eigenvalue weighted by molar-refractivity contribution is 0.304. The molecule has 57 valence electrons. The van der Waals surface area contributed by atoms with Gasteiger partial charge in [0, 0.05) is 0 Å². The summed E-state index contributed by atoms with van der Waals surface area (Å²) in [4.78, 5) is 0. The Morgan fingerprint density at radius 1 is 1.45 bits per heavy atom. The quantitative estimate of drug-likeness (QED) is 0.498. The summed E-state index contributed by atoms with van der Waals surface area (Å²) < 4.78 is 5.26. The lowest BCUT2D eigenvalue weighted by Gasteiger charge is -2.09. The first kappa shape index (κ1) is 8.62. The van der Waals surface area contributed by atoms with Crippen LogP contribution in [0.5, 0.6) is 5.75 Å². The average molecular weight is 184 g/mol. The Labute approximate surface area is 74.7 Å². The van der Waals surface area contributed by atoms with Gasteiger partial charge in [0.2, 0.25) is 0 Å². The molecule has 0 aliphatic rings. The van der Waals surface area contributed by atoms with Crippen molar-refractivity contribution in [3.63, 3.8) is 0 Å². The second-order valence-electron chi connectivity index (χ2n) is 2.16. The maximum atomic E-state index is 5.64. The van der Waals surface area contributed by atoms with Crippen molar-refractivity contribution >= 4 is 27.0 Å². The standard InChI is InChI=1S/C8H8ClOSi/c1-6(9)10-7-4-2-3-5-8(7)11/h2-6H,1H3. The Morgan fingerprint density at radius 3 is 2.64 bits per heavy atom. The van der Waals surface area contributed by atoms with Crippen molar-refractivity contribution in [2.45, 2.75) is 12.5 Å². The molecule has 1 aromatic carbocycles. The monoisotopic (exact) mass is 183 g/mol. The number of rotatable bonds is 2. The van der Waals surface area contributed by atoms with Gasteiger partial charge in [0.25, 0.3) is 0 Å². The molecule has 0 saturated carbocycles. The van der Waals surface area contributed by atoms with Gasteiger partial charge in [-0.15, -0.1) is 0 Å². The molecule has 0 N–H and O–H groups in total. The van der Waals surface area contributed by atoms with Gasteiger partial charge in [-0.3, -0.25) is 0 Å². The third-order valence-corrected chi connectivity index (χ3v) is 1.68. The Hall–Kier alpha value is -0.473. The molecule has 0 amide bonds. The highest BCUT2D eigenvalue weighted by atomic mass is 35.5. The zero-order chi connectivity index (χ0) is 8.27. The van der Waals surface area contributed by atoms with E-state index >= 15 is 0 Å². The van der Waals surface area contributed by atoms with Crippen LogP contribution in [0.1, 0.15) is 6.92 Å². The minimum absolute atomic E-state index is 0.299. The first-order valence-electron chi connectivity index (χ1n) is 3.31. The molecular weight excluding hydrogens is 176 g/mol. The van der Waals surface area contributed by atoms with E-state index in [0.717, 1.165) is 10.9 Å². The lowest BCUT2D eigenvalue weighted by Crippen LogP contribution is -2.12. The third kappa shape index (κ3) is 2.56. The van der Waals surface area contributed by atoms with Crippen LogP contribution in [0.4, 0.5) is 0 Å². The van der Waals surface area contributed by atoms with Gasteiger partial charge in [0.1, 0.15) is 5.75 Å². The van der Waals surface area contributed by atoms with Gasteiger partial charge >= 0.3 is 0 Å². The zero-order valence-corrected chi connectivity index (χ0v) is 7.93. The molecule has 1 atom stereocenters. The number of halogens is 1. The van der Waals surface area contributed by atoms with Gasteiger partial charge in [-0.1, -0.05) is 29.8 Å². The van der Waals surface area contributed by atoms with Crippen molar-refractivity contribution in [2.75, 3.05) is 0 Å². The van der Waals surface area contributed by atoms with Gasteiger partial charge in [0.05, 0.1) is 10.2 Å². The normalized spacial score (nSPS) is 12.6. The Bertz CT molecular complexity index is 237. The third-order valence-electron chi connectivity index (χ3n) is 1.18. The average Bonchev–Trinajstić information content (AvgIpc) is 1.93. The molecule has 11 heavy (non-hydrogen) atoms. The molecule has 1 aromatic rings. The summed E-state index contributed by atoms with van der Waals surface area (Å²) in [6.45, 7) is 1.78. The number of benzene rings is 1. The second-order valence-corrected chi connectivity index (χ2v) is 3.31. The molecule has 1 nitrogen and oxygen atoms in total. The molecule has 0 saturated heterocycles. The summed E-state index contributed by atoms with van der Waals surface area (Å²) in [6, 6.07) is 7.60. The predicted molar refractivity (Wildman–Crippen MR) is 47.8 cm³/mol. The van der Waals surface area contributed by atoms with Crippen LogP contribution < -0.4 is 9.92 Å². The van der Waals surface area contributed by atoms with Crippen molar-refractivity contribution in [1.29, 1.82) is 0 Å². The van der Waals surface area contributed by atoms with E-state index in [1.165, 1.54) is 0 Å². The van der Waals surface area contributed by atoms with Crippen LogP contribution in [0.2, 0.25) is 0 Å². The predicted octanol–water partition coefficient (Wildman–Crippen LogP) is 1.44. The molecule has 3 radical (unpaired) electrons. The molecule has 0 aromatic heterocycles. The van der Waals surface area contributed by atoms with E-state index < -0.39 is 0 Å². The lowest BCUT2D eigenvalue weighted by atomic mass is 10.3. The molecule has 1 unspecified atom stereocenters. The van der Waals surface area contributed by atoms with Gasteiger partial charge in [-0.2, -0.15) is 0 Å². The van der Waals surface area contributed by atoms with E-state index in [1.807, 2.05) is 24.3 Å². The van der Waals surface area contributed by atoms with Crippen LogP contribution in [0, 0.1) is 0 Å². The molecule has 0 fully saturated rings.